The standard InChI is InChI=1S/C60H64N2OSi.2ClH.Zr/c1-10-21-43-40(3)59(49-27-20-25-45(57(43)49)42-31-33-56-52(38-42)47-23-14-16-29-54(47)62(56)8)64(9,35-18-12-11-17-34-63-60(4,5)6)58-39(2)36-50-44(24-19-26-48(50)58)41-30-32-55-51(37-41)46-22-13-15-28-53(46)61(55)7;;;/h13-16,19-20,22-33,36-38H,10-12,17-18,21,34-35H2,1-9H3;2*1H;/q-2;;;+4/p-2. The van der Waals surface area contributed by atoms with Gasteiger partial charge in [-0.2, -0.15) is 6.07 Å². The number of hydrogen-bond acceptors (Lipinski definition) is 1. The van der Waals surface area contributed by atoms with E-state index in [0.29, 0.717) is 0 Å². The van der Waals surface area contributed by atoms with Crippen molar-refractivity contribution in [1.29, 1.82) is 0 Å². The van der Waals surface area contributed by atoms with Crippen LogP contribution in [0.1, 0.15) is 76.5 Å². The zero-order valence-electron chi connectivity index (χ0n) is 40.8. The molecule has 0 saturated heterocycles. The number of aromatic nitrogens is 2. The molecular weight excluding hydrogens is 955 g/mol. The first kappa shape index (κ1) is 47.8. The molecule has 0 aliphatic heterocycles. The number of aryl methyl sites for hydroxylation is 4. The van der Waals surface area contributed by atoms with Gasteiger partial charge in [0.25, 0.3) is 0 Å². The van der Waals surface area contributed by atoms with E-state index >= 15 is 0 Å². The molecule has 0 amide bonds. The van der Waals surface area contributed by atoms with Crippen LogP contribution in [0.3, 0.4) is 0 Å². The maximum atomic E-state index is 6.15. The SMILES string of the molecule is CCCc1c(C)[c-]([Si](C)(CCCCCCOC(C)(C)C)[c-]2c(C)cc3c(-c4ccc5c(c4)c4ccccc4n5C)cccc32)c2cccc(-c3ccc4c(c3)c3ccccc3n4C)c12.[Cl][Zr+2][Cl]. The van der Waals surface area contributed by atoms with Crippen LogP contribution in [0, 0.1) is 13.8 Å². The Morgan fingerprint density at radius 3 is 1.73 bits per heavy atom. The van der Waals surface area contributed by atoms with Crippen molar-refractivity contribution in [1.82, 2.24) is 9.13 Å². The van der Waals surface area contributed by atoms with Gasteiger partial charge in [0, 0.05) is 72.4 Å². The van der Waals surface area contributed by atoms with Crippen LogP contribution in [0.15, 0.2) is 127 Å². The number of unbranched alkanes of at least 4 members (excludes halogenated alkanes) is 3. The van der Waals surface area contributed by atoms with Crippen LogP contribution in [0.4, 0.5) is 0 Å². The van der Waals surface area contributed by atoms with Gasteiger partial charge in [0.05, 0.1) is 5.60 Å². The summed E-state index contributed by atoms with van der Waals surface area (Å²) < 4.78 is 10.8. The Kier molecular flexibility index (Phi) is 14.0. The van der Waals surface area contributed by atoms with Crippen LogP contribution in [0.2, 0.25) is 12.6 Å². The van der Waals surface area contributed by atoms with E-state index in [4.69, 9.17) is 21.8 Å². The molecule has 8 aromatic carbocycles. The molecule has 342 valence electrons. The molecule has 2 heterocycles. The predicted molar refractivity (Wildman–Crippen MR) is 293 cm³/mol. The Bertz CT molecular complexity index is 3420. The molecule has 0 bridgehead atoms. The minimum absolute atomic E-state index is 0.0899. The summed E-state index contributed by atoms with van der Waals surface area (Å²) in [5.41, 5.74) is 14.9. The van der Waals surface area contributed by atoms with Crippen molar-refractivity contribution in [2.24, 2.45) is 14.1 Å². The number of fused-ring (bicyclic) bond motifs is 8. The first-order valence-electron chi connectivity index (χ1n) is 24.3. The van der Waals surface area contributed by atoms with Crippen molar-refractivity contribution in [3.05, 3.63) is 144 Å². The monoisotopic (exact) mass is 1020 g/mol. The number of benzene rings is 6. The summed E-state index contributed by atoms with van der Waals surface area (Å²) in [6.45, 7) is 17.3. The molecule has 3 nitrogen and oxygen atoms in total. The molecule has 67 heavy (non-hydrogen) atoms. The molecular formula is C60H64Cl2N2OSiZr. The molecule has 0 aliphatic rings. The summed E-state index contributed by atoms with van der Waals surface area (Å²) in [4.78, 5) is 0. The molecule has 0 saturated carbocycles. The van der Waals surface area contributed by atoms with Crippen LogP contribution >= 0.6 is 17.0 Å². The third-order valence-corrected chi connectivity index (χ3v) is 19.6. The Morgan fingerprint density at radius 1 is 0.597 bits per heavy atom. The van der Waals surface area contributed by atoms with Gasteiger partial charge in [-0.25, -0.2) is 0 Å². The molecule has 0 fully saturated rings. The Hall–Kier alpha value is -4.22. The summed E-state index contributed by atoms with van der Waals surface area (Å²) >= 11 is -0.826. The van der Waals surface area contributed by atoms with E-state index in [2.05, 4.69) is 199 Å². The van der Waals surface area contributed by atoms with Gasteiger partial charge in [-0.15, -0.1) is 72.9 Å². The molecule has 0 radical (unpaired) electrons. The van der Waals surface area contributed by atoms with Gasteiger partial charge in [0.2, 0.25) is 0 Å². The predicted octanol–water partition coefficient (Wildman–Crippen LogP) is 16.6. The number of nitrogens with zero attached hydrogens (tertiary/aromatic N) is 2. The van der Waals surface area contributed by atoms with Crippen LogP contribution in [-0.4, -0.2) is 29.4 Å². The molecule has 10 aromatic rings. The second-order valence-corrected chi connectivity index (χ2v) is 28.0. The van der Waals surface area contributed by atoms with E-state index < -0.39 is 28.9 Å². The number of para-hydroxylation sites is 2. The maximum absolute atomic E-state index is 6.15. The number of rotatable bonds is 13. The second kappa shape index (κ2) is 19.6. The van der Waals surface area contributed by atoms with E-state index in [9.17, 15) is 0 Å². The molecule has 10 rings (SSSR count). The third kappa shape index (κ3) is 8.76. The molecule has 7 heteroatoms. The van der Waals surface area contributed by atoms with E-state index in [-0.39, 0.29) is 5.60 Å². The number of halogens is 2. The van der Waals surface area contributed by atoms with E-state index in [1.54, 1.807) is 15.9 Å². The summed E-state index contributed by atoms with van der Waals surface area (Å²) in [7, 11) is 11.8. The first-order chi connectivity index (χ1) is 32.3. The van der Waals surface area contributed by atoms with Crippen LogP contribution in [0.5, 0.6) is 0 Å². The average Bonchev–Trinajstić information content (AvgIpc) is 4.01. The van der Waals surface area contributed by atoms with Crippen molar-refractivity contribution in [2.45, 2.75) is 98.3 Å². The van der Waals surface area contributed by atoms with Crippen molar-refractivity contribution < 1.29 is 25.6 Å². The molecule has 2 aromatic heterocycles. The Balaban J connectivity index is 0.00000183. The van der Waals surface area contributed by atoms with Crippen LogP contribution in [-0.2, 0) is 46.1 Å². The quantitative estimate of drug-likeness (QED) is 0.0640. The fourth-order valence-electron chi connectivity index (χ4n) is 11.9. The fraction of sp³-hybridized carbons (Fsp3) is 0.300. The number of ether oxygens (including phenoxy) is 1. The third-order valence-electron chi connectivity index (χ3n) is 14.8. The van der Waals surface area contributed by atoms with Gasteiger partial charge < -0.3 is 13.9 Å². The summed E-state index contributed by atoms with van der Waals surface area (Å²) in [6.07, 6.45) is 6.95. The van der Waals surface area contributed by atoms with Crippen LogP contribution < -0.4 is 10.4 Å². The van der Waals surface area contributed by atoms with E-state index in [0.717, 1.165) is 25.9 Å². The summed E-state index contributed by atoms with van der Waals surface area (Å²) in [5.74, 6) is 0. The van der Waals surface area contributed by atoms with Gasteiger partial charge in [-0.3, -0.25) is 0 Å². The van der Waals surface area contributed by atoms with Crippen molar-refractivity contribution in [3.8, 4) is 22.3 Å². The van der Waals surface area contributed by atoms with Crippen molar-refractivity contribution in [3.63, 3.8) is 0 Å². The van der Waals surface area contributed by atoms with Gasteiger partial charge >= 0.3 is 37.9 Å². The normalized spacial score (nSPS) is 13.0. The zero-order chi connectivity index (χ0) is 47.2. The second-order valence-electron chi connectivity index (χ2n) is 20.1. The van der Waals surface area contributed by atoms with Gasteiger partial charge in [-0.1, -0.05) is 137 Å². The van der Waals surface area contributed by atoms with Crippen molar-refractivity contribution in [2.75, 3.05) is 6.61 Å². The van der Waals surface area contributed by atoms with Crippen molar-refractivity contribution >= 4 is 101 Å². The Labute approximate surface area is 417 Å². The molecule has 0 spiro atoms. The minimum atomic E-state index is -2.41. The molecule has 0 aliphatic carbocycles. The van der Waals surface area contributed by atoms with E-state index in [1.807, 2.05) is 0 Å². The van der Waals surface area contributed by atoms with E-state index in [1.165, 1.54) is 124 Å². The average molecular weight is 1020 g/mol. The summed E-state index contributed by atoms with van der Waals surface area (Å²) in [5, 5.41) is 14.4. The van der Waals surface area contributed by atoms with Gasteiger partial charge in [0.15, 0.2) is 0 Å². The number of hydrogen-bond donors (Lipinski definition) is 0. The summed E-state index contributed by atoms with van der Waals surface area (Å²) in [6, 6.07) is 50.1. The Morgan fingerprint density at radius 2 is 1.13 bits per heavy atom. The zero-order valence-corrected chi connectivity index (χ0v) is 45.8. The molecule has 1 atom stereocenters. The van der Waals surface area contributed by atoms with Gasteiger partial charge in [0.1, 0.15) is 0 Å². The molecule has 1 unspecified atom stereocenters. The topological polar surface area (TPSA) is 19.1 Å². The van der Waals surface area contributed by atoms with Crippen LogP contribution in [0.25, 0.3) is 87.4 Å². The van der Waals surface area contributed by atoms with Gasteiger partial charge in [-0.05, 0) is 74.7 Å². The first-order valence-corrected chi connectivity index (χ1v) is 33.3. The molecule has 0 N–H and O–H groups in total. The fourth-order valence-corrected chi connectivity index (χ4v) is 17.2.